The fourth-order valence-corrected chi connectivity index (χ4v) is 1.07. The van der Waals surface area contributed by atoms with E-state index >= 15 is 0 Å². The zero-order valence-electron chi connectivity index (χ0n) is 9.14. The molecule has 5 heteroatoms. The molecule has 0 aliphatic carbocycles. The van der Waals surface area contributed by atoms with Crippen molar-refractivity contribution < 1.29 is 4.79 Å². The molecule has 0 heterocycles. The molecule has 0 aliphatic rings. The van der Waals surface area contributed by atoms with Gasteiger partial charge in [-0.1, -0.05) is 25.8 Å². The number of unbranched alkanes of at least 4 members (excludes halogenated alkanes) is 2. The first-order valence-corrected chi connectivity index (χ1v) is 5.55. The Morgan fingerprint density at radius 1 is 1.40 bits per heavy atom. The van der Waals surface area contributed by atoms with Gasteiger partial charge in [-0.05, 0) is 18.6 Å². The lowest BCUT2D eigenvalue weighted by Gasteiger charge is -2.09. The lowest BCUT2D eigenvalue weighted by atomic mass is 10.2. The third-order valence-electron chi connectivity index (χ3n) is 1.73. The maximum atomic E-state index is 11.2. The van der Waals surface area contributed by atoms with E-state index in [2.05, 4.69) is 29.7 Å². The average Bonchev–Trinajstić information content (AvgIpc) is 2.24. The van der Waals surface area contributed by atoms with Gasteiger partial charge >= 0.3 is 0 Å². The smallest absolute Gasteiger partial charge is 0.238 e. The van der Waals surface area contributed by atoms with E-state index in [1.165, 1.54) is 0 Å². The van der Waals surface area contributed by atoms with Crippen LogP contribution in [0.1, 0.15) is 32.6 Å². The fraction of sp³-hybridized carbons (Fsp3) is 0.600. The standard InChI is InChI=1S/C10H19N3OS/c1-3-5-6-7-9(14)12-13-10(15)11-8-4-2/h4H,2-3,5-8H2,1H3,(H,12,14)(H2,11,13,15). The molecule has 0 saturated carbocycles. The van der Waals surface area contributed by atoms with E-state index in [1.54, 1.807) is 6.08 Å². The Morgan fingerprint density at radius 2 is 2.13 bits per heavy atom. The highest BCUT2D eigenvalue weighted by molar-refractivity contribution is 7.80. The second-order valence-electron chi connectivity index (χ2n) is 3.13. The third kappa shape index (κ3) is 9.21. The fourth-order valence-electron chi connectivity index (χ4n) is 0.934. The van der Waals surface area contributed by atoms with Crippen molar-refractivity contribution in [1.29, 1.82) is 0 Å². The molecule has 4 nitrogen and oxygen atoms in total. The van der Waals surface area contributed by atoms with Crippen LogP contribution in [0.5, 0.6) is 0 Å². The van der Waals surface area contributed by atoms with Crippen molar-refractivity contribution in [1.82, 2.24) is 16.2 Å². The van der Waals surface area contributed by atoms with E-state index in [9.17, 15) is 4.79 Å². The number of amides is 1. The maximum absolute atomic E-state index is 11.2. The third-order valence-corrected chi connectivity index (χ3v) is 1.98. The number of thiocarbonyl (C=S) groups is 1. The van der Waals surface area contributed by atoms with Gasteiger partial charge in [0.2, 0.25) is 5.91 Å². The van der Waals surface area contributed by atoms with Crippen LogP contribution in [0.3, 0.4) is 0 Å². The van der Waals surface area contributed by atoms with Crippen molar-refractivity contribution in [2.75, 3.05) is 6.54 Å². The van der Waals surface area contributed by atoms with Crippen molar-refractivity contribution in [3.63, 3.8) is 0 Å². The minimum Gasteiger partial charge on any atom is -0.358 e. The van der Waals surface area contributed by atoms with Gasteiger partial charge in [0, 0.05) is 13.0 Å². The van der Waals surface area contributed by atoms with Crippen LogP contribution in [0.2, 0.25) is 0 Å². The van der Waals surface area contributed by atoms with E-state index in [-0.39, 0.29) is 5.91 Å². The number of hydrogen-bond donors (Lipinski definition) is 3. The van der Waals surface area contributed by atoms with Gasteiger partial charge in [0.1, 0.15) is 0 Å². The largest absolute Gasteiger partial charge is 0.358 e. The summed E-state index contributed by atoms with van der Waals surface area (Å²) in [6, 6.07) is 0. The quantitative estimate of drug-likeness (QED) is 0.278. The molecule has 0 spiro atoms. The molecule has 0 aromatic rings. The van der Waals surface area contributed by atoms with Crippen LogP contribution in [0.4, 0.5) is 0 Å². The van der Waals surface area contributed by atoms with Crippen molar-refractivity contribution in [2.24, 2.45) is 0 Å². The van der Waals surface area contributed by atoms with E-state index in [1.807, 2.05) is 0 Å². The summed E-state index contributed by atoms with van der Waals surface area (Å²) in [6.45, 7) is 6.22. The Morgan fingerprint density at radius 3 is 2.73 bits per heavy atom. The molecular formula is C10H19N3OS. The summed E-state index contributed by atoms with van der Waals surface area (Å²) in [6.07, 6.45) is 5.32. The Labute approximate surface area is 96.5 Å². The van der Waals surface area contributed by atoms with Crippen molar-refractivity contribution in [2.45, 2.75) is 32.6 Å². The van der Waals surface area contributed by atoms with Crippen LogP contribution in [0.25, 0.3) is 0 Å². The zero-order valence-corrected chi connectivity index (χ0v) is 9.95. The number of carbonyl (C=O) groups is 1. The highest BCUT2D eigenvalue weighted by Gasteiger charge is 2.00. The maximum Gasteiger partial charge on any atom is 0.238 e. The van der Waals surface area contributed by atoms with Gasteiger partial charge in [0.05, 0.1) is 0 Å². The van der Waals surface area contributed by atoms with Crippen LogP contribution in [0, 0.1) is 0 Å². The van der Waals surface area contributed by atoms with Crippen molar-refractivity contribution in [3.8, 4) is 0 Å². The van der Waals surface area contributed by atoms with Crippen molar-refractivity contribution >= 4 is 23.2 Å². The molecule has 0 aromatic heterocycles. The molecular weight excluding hydrogens is 210 g/mol. The normalized spacial score (nSPS) is 9.13. The molecule has 0 fully saturated rings. The lowest BCUT2D eigenvalue weighted by molar-refractivity contribution is -0.121. The van der Waals surface area contributed by atoms with Gasteiger partial charge in [-0.25, -0.2) is 0 Å². The van der Waals surface area contributed by atoms with Crippen LogP contribution in [-0.4, -0.2) is 17.6 Å². The van der Waals surface area contributed by atoms with Crippen LogP contribution in [0.15, 0.2) is 12.7 Å². The first-order chi connectivity index (χ1) is 7.20. The highest BCUT2D eigenvalue weighted by Crippen LogP contribution is 1.97. The summed E-state index contributed by atoms with van der Waals surface area (Å²) in [5.41, 5.74) is 5.14. The molecule has 0 rings (SSSR count). The summed E-state index contributed by atoms with van der Waals surface area (Å²) in [5.74, 6) is -0.0359. The van der Waals surface area contributed by atoms with Gasteiger partial charge in [-0.2, -0.15) is 0 Å². The van der Waals surface area contributed by atoms with Gasteiger partial charge in [0.25, 0.3) is 0 Å². The Kier molecular flexibility index (Phi) is 8.76. The summed E-state index contributed by atoms with van der Waals surface area (Å²) in [4.78, 5) is 11.2. The molecule has 0 aromatic carbocycles. The number of nitrogens with one attached hydrogen (secondary N) is 3. The molecule has 0 saturated heterocycles. The van der Waals surface area contributed by atoms with Crippen LogP contribution >= 0.6 is 12.2 Å². The molecule has 86 valence electrons. The first-order valence-electron chi connectivity index (χ1n) is 5.14. The molecule has 3 N–H and O–H groups in total. The number of rotatable bonds is 6. The second kappa shape index (κ2) is 9.45. The van der Waals surface area contributed by atoms with E-state index in [0.29, 0.717) is 18.1 Å². The lowest BCUT2D eigenvalue weighted by Crippen LogP contribution is -2.46. The minimum atomic E-state index is -0.0359. The Bertz CT molecular complexity index is 219. The summed E-state index contributed by atoms with van der Waals surface area (Å²) in [7, 11) is 0. The van der Waals surface area contributed by atoms with E-state index in [0.717, 1.165) is 19.3 Å². The van der Waals surface area contributed by atoms with Gasteiger partial charge < -0.3 is 5.32 Å². The summed E-state index contributed by atoms with van der Waals surface area (Å²) < 4.78 is 0. The molecule has 0 unspecified atom stereocenters. The van der Waals surface area contributed by atoms with Crippen molar-refractivity contribution in [3.05, 3.63) is 12.7 Å². The van der Waals surface area contributed by atoms with Gasteiger partial charge in [-0.3, -0.25) is 15.6 Å². The topological polar surface area (TPSA) is 53.2 Å². The molecule has 15 heavy (non-hydrogen) atoms. The number of hydrogen-bond acceptors (Lipinski definition) is 2. The molecule has 0 atom stereocenters. The second-order valence-corrected chi connectivity index (χ2v) is 3.54. The minimum absolute atomic E-state index is 0.0359. The molecule has 0 aliphatic heterocycles. The molecule has 1 amide bonds. The van der Waals surface area contributed by atoms with Gasteiger partial charge in [0.15, 0.2) is 5.11 Å². The van der Waals surface area contributed by atoms with Crippen LogP contribution < -0.4 is 16.2 Å². The predicted octanol–water partition coefficient (Wildman–Crippen LogP) is 1.25. The monoisotopic (exact) mass is 229 g/mol. The summed E-state index contributed by atoms with van der Waals surface area (Å²) >= 11 is 4.89. The predicted molar refractivity (Wildman–Crippen MR) is 66.2 cm³/mol. The highest BCUT2D eigenvalue weighted by atomic mass is 32.1. The number of hydrazine groups is 1. The Hall–Kier alpha value is -1.10. The molecule has 0 bridgehead atoms. The van der Waals surface area contributed by atoms with E-state index < -0.39 is 0 Å². The Balaban J connectivity index is 3.44. The van der Waals surface area contributed by atoms with Crippen LogP contribution in [-0.2, 0) is 4.79 Å². The number of carbonyl (C=O) groups excluding carboxylic acids is 1. The zero-order chi connectivity index (χ0) is 11.5. The average molecular weight is 229 g/mol. The van der Waals surface area contributed by atoms with E-state index in [4.69, 9.17) is 12.2 Å². The first kappa shape index (κ1) is 13.9. The SMILES string of the molecule is C=CCNC(=S)NNC(=O)CCCCC. The summed E-state index contributed by atoms with van der Waals surface area (Å²) in [5, 5.41) is 3.24. The van der Waals surface area contributed by atoms with Gasteiger partial charge in [-0.15, -0.1) is 6.58 Å². The molecule has 0 radical (unpaired) electrons.